The predicted molar refractivity (Wildman–Crippen MR) is 73.2 cm³/mol. The van der Waals surface area contributed by atoms with E-state index < -0.39 is 0 Å². The van der Waals surface area contributed by atoms with Crippen molar-refractivity contribution in [1.82, 2.24) is 10.2 Å². The summed E-state index contributed by atoms with van der Waals surface area (Å²) in [5, 5.41) is 3.06. The Hall–Kier alpha value is -0.610. The Morgan fingerprint density at radius 2 is 2.00 bits per heavy atom. The van der Waals surface area contributed by atoms with Crippen LogP contribution in [0.15, 0.2) is 0 Å². The van der Waals surface area contributed by atoms with Crippen molar-refractivity contribution < 1.29 is 4.79 Å². The molecule has 0 aliphatic carbocycles. The van der Waals surface area contributed by atoms with Crippen molar-refractivity contribution >= 4 is 5.91 Å². The van der Waals surface area contributed by atoms with Crippen LogP contribution in [0.1, 0.15) is 45.4 Å². The molecule has 2 saturated heterocycles. The van der Waals surface area contributed by atoms with Crippen LogP contribution in [-0.2, 0) is 4.79 Å². The minimum absolute atomic E-state index is 0.0127. The summed E-state index contributed by atoms with van der Waals surface area (Å²) in [5.74, 6) is 0.788. The largest absolute Gasteiger partial charge is 0.356 e. The van der Waals surface area contributed by atoms with Gasteiger partial charge in [-0.2, -0.15) is 0 Å². The van der Waals surface area contributed by atoms with Gasteiger partial charge in [0.1, 0.15) is 0 Å². The molecule has 2 bridgehead atoms. The lowest BCUT2D eigenvalue weighted by Crippen LogP contribution is -2.43. The Balaban J connectivity index is 1.70. The lowest BCUT2D eigenvalue weighted by Gasteiger charge is -2.36. The van der Waals surface area contributed by atoms with Gasteiger partial charge in [0, 0.05) is 31.1 Å². The summed E-state index contributed by atoms with van der Waals surface area (Å²) in [6.07, 6.45) is 6.50. The predicted octanol–water partition coefficient (Wildman–Crippen LogP) is 1.10. The van der Waals surface area contributed by atoms with Gasteiger partial charge >= 0.3 is 0 Å². The molecule has 0 spiro atoms. The monoisotopic (exact) mass is 253 g/mol. The molecule has 0 saturated carbocycles. The van der Waals surface area contributed by atoms with E-state index in [-0.39, 0.29) is 11.9 Å². The molecule has 2 rings (SSSR count). The average Bonchev–Trinajstić information content (AvgIpc) is 2.58. The molecule has 104 valence electrons. The summed E-state index contributed by atoms with van der Waals surface area (Å²) in [4.78, 5) is 14.2. The summed E-state index contributed by atoms with van der Waals surface area (Å²) in [7, 11) is 2.25. The van der Waals surface area contributed by atoms with Crippen LogP contribution in [0.3, 0.4) is 0 Å². The van der Waals surface area contributed by atoms with Gasteiger partial charge in [-0.1, -0.05) is 6.92 Å². The first-order valence-corrected chi connectivity index (χ1v) is 7.34. The normalized spacial score (nSPS) is 33.4. The zero-order valence-corrected chi connectivity index (χ0v) is 11.7. The summed E-state index contributed by atoms with van der Waals surface area (Å²) in [6.45, 7) is 2.86. The van der Waals surface area contributed by atoms with Crippen LogP contribution < -0.4 is 11.1 Å². The molecule has 0 aromatic carbocycles. The van der Waals surface area contributed by atoms with Crippen LogP contribution in [0.25, 0.3) is 0 Å². The summed E-state index contributed by atoms with van der Waals surface area (Å²) < 4.78 is 0. The van der Waals surface area contributed by atoms with Crippen molar-refractivity contribution in [3.05, 3.63) is 0 Å². The molecule has 4 nitrogen and oxygen atoms in total. The highest BCUT2D eigenvalue weighted by atomic mass is 16.1. The van der Waals surface area contributed by atoms with Gasteiger partial charge < -0.3 is 16.0 Å². The van der Waals surface area contributed by atoms with Crippen molar-refractivity contribution in [3.63, 3.8) is 0 Å². The number of hydrogen-bond donors (Lipinski definition) is 2. The second kappa shape index (κ2) is 6.02. The third-order valence-electron chi connectivity index (χ3n) is 4.76. The fourth-order valence-electron chi connectivity index (χ4n) is 3.40. The highest BCUT2D eigenvalue weighted by Crippen LogP contribution is 2.36. The van der Waals surface area contributed by atoms with Crippen LogP contribution in [-0.4, -0.2) is 42.5 Å². The van der Waals surface area contributed by atoms with Crippen LogP contribution in [0.4, 0.5) is 0 Å². The maximum Gasteiger partial charge on any atom is 0.221 e. The Kier molecular flexibility index (Phi) is 4.62. The molecular weight excluding hydrogens is 226 g/mol. The second-order valence-electron chi connectivity index (χ2n) is 6.06. The lowest BCUT2D eigenvalue weighted by molar-refractivity contribution is -0.121. The Morgan fingerprint density at radius 3 is 2.56 bits per heavy atom. The second-order valence-corrected chi connectivity index (χ2v) is 6.06. The molecule has 18 heavy (non-hydrogen) atoms. The van der Waals surface area contributed by atoms with E-state index in [4.69, 9.17) is 5.73 Å². The number of fused-ring (bicyclic) bond motifs is 2. The van der Waals surface area contributed by atoms with E-state index in [9.17, 15) is 4.79 Å². The number of hydrogen-bond acceptors (Lipinski definition) is 3. The maximum atomic E-state index is 11.7. The van der Waals surface area contributed by atoms with E-state index in [0.29, 0.717) is 12.3 Å². The molecule has 0 aromatic rings. The smallest absolute Gasteiger partial charge is 0.221 e. The molecule has 3 atom stereocenters. The van der Waals surface area contributed by atoms with E-state index in [0.717, 1.165) is 25.0 Å². The molecule has 2 aliphatic rings. The van der Waals surface area contributed by atoms with Crippen molar-refractivity contribution in [2.75, 3.05) is 13.6 Å². The topological polar surface area (TPSA) is 58.4 Å². The minimum Gasteiger partial charge on any atom is -0.356 e. The Labute approximate surface area is 110 Å². The first-order valence-electron chi connectivity index (χ1n) is 7.34. The van der Waals surface area contributed by atoms with Gasteiger partial charge in [-0.15, -0.1) is 0 Å². The SMILES string of the molecule is CCC(N)CC(=O)NCC1CC2CCC(C1)N2C. The third-order valence-corrected chi connectivity index (χ3v) is 4.76. The number of nitrogens with one attached hydrogen (secondary N) is 1. The number of rotatable bonds is 5. The van der Waals surface area contributed by atoms with Gasteiger partial charge in [-0.05, 0) is 45.1 Å². The van der Waals surface area contributed by atoms with Gasteiger partial charge in [0.2, 0.25) is 5.91 Å². The van der Waals surface area contributed by atoms with Crippen LogP contribution in [0.2, 0.25) is 0 Å². The number of nitrogens with two attached hydrogens (primary N) is 1. The van der Waals surface area contributed by atoms with Crippen molar-refractivity contribution in [1.29, 1.82) is 0 Å². The zero-order valence-electron chi connectivity index (χ0n) is 11.7. The molecule has 3 N–H and O–H groups in total. The van der Waals surface area contributed by atoms with Gasteiger partial charge in [0.05, 0.1) is 0 Å². The molecule has 2 aliphatic heterocycles. The summed E-state index contributed by atoms with van der Waals surface area (Å²) in [5.41, 5.74) is 5.79. The molecule has 2 heterocycles. The number of nitrogens with zero attached hydrogens (tertiary/aromatic N) is 1. The van der Waals surface area contributed by atoms with E-state index in [1.165, 1.54) is 25.7 Å². The average molecular weight is 253 g/mol. The van der Waals surface area contributed by atoms with Crippen LogP contribution >= 0.6 is 0 Å². The number of carbonyl (C=O) groups is 1. The highest BCUT2D eigenvalue weighted by molar-refractivity contribution is 5.76. The van der Waals surface area contributed by atoms with Crippen LogP contribution in [0, 0.1) is 5.92 Å². The van der Waals surface area contributed by atoms with Crippen molar-refractivity contribution in [2.45, 2.75) is 63.6 Å². The van der Waals surface area contributed by atoms with Crippen molar-refractivity contribution in [2.24, 2.45) is 11.7 Å². The fraction of sp³-hybridized carbons (Fsp3) is 0.929. The number of carbonyl (C=O) groups excluding carboxylic acids is 1. The third kappa shape index (κ3) is 3.23. The van der Waals surface area contributed by atoms with E-state index >= 15 is 0 Å². The van der Waals surface area contributed by atoms with E-state index in [1.807, 2.05) is 6.92 Å². The molecule has 0 aromatic heterocycles. The minimum atomic E-state index is 0.0127. The molecule has 3 unspecified atom stereocenters. The molecular formula is C14H27N3O. The van der Waals surface area contributed by atoms with E-state index in [1.54, 1.807) is 0 Å². The molecule has 1 amide bonds. The quantitative estimate of drug-likeness (QED) is 0.771. The van der Waals surface area contributed by atoms with Gasteiger partial charge in [0.25, 0.3) is 0 Å². The summed E-state index contributed by atoms with van der Waals surface area (Å²) in [6, 6.07) is 1.52. The first kappa shape index (κ1) is 13.8. The van der Waals surface area contributed by atoms with Gasteiger partial charge in [-0.25, -0.2) is 0 Å². The lowest BCUT2D eigenvalue weighted by atomic mass is 9.91. The molecule has 4 heteroatoms. The highest BCUT2D eigenvalue weighted by Gasteiger charge is 2.38. The molecule has 2 fully saturated rings. The van der Waals surface area contributed by atoms with Crippen LogP contribution in [0.5, 0.6) is 0 Å². The maximum absolute atomic E-state index is 11.7. The molecule has 0 radical (unpaired) electrons. The Morgan fingerprint density at radius 1 is 1.39 bits per heavy atom. The number of piperidine rings is 1. The fourth-order valence-corrected chi connectivity index (χ4v) is 3.40. The Bertz CT molecular complexity index is 281. The van der Waals surface area contributed by atoms with Crippen molar-refractivity contribution in [3.8, 4) is 0 Å². The standard InChI is InChI=1S/C14H27N3O/c1-3-11(15)8-14(18)16-9-10-6-12-4-5-13(7-10)17(12)2/h10-13H,3-9,15H2,1-2H3,(H,16,18). The van der Waals surface area contributed by atoms with Gasteiger partial charge in [-0.3, -0.25) is 4.79 Å². The zero-order chi connectivity index (χ0) is 13.1. The van der Waals surface area contributed by atoms with Gasteiger partial charge in [0.15, 0.2) is 0 Å². The number of amides is 1. The summed E-state index contributed by atoms with van der Waals surface area (Å²) >= 11 is 0. The first-order chi connectivity index (χ1) is 8.60. The van der Waals surface area contributed by atoms with E-state index in [2.05, 4.69) is 17.3 Å².